The summed E-state index contributed by atoms with van der Waals surface area (Å²) in [5.74, 6) is 0.791. The third-order valence-electron chi connectivity index (χ3n) is 3.13. The monoisotopic (exact) mass is 407 g/mol. The van der Waals surface area contributed by atoms with E-state index in [1.807, 2.05) is 23.1 Å². The number of hydrogen-bond donors (Lipinski definition) is 0. The fraction of sp³-hybridized carbons (Fsp3) is 0.462. The fourth-order valence-electron chi connectivity index (χ4n) is 2.21. The molecule has 2 rings (SSSR count). The van der Waals surface area contributed by atoms with Gasteiger partial charge in [0.25, 0.3) is 5.91 Å². The smallest absolute Gasteiger partial charge is 0.254 e. The Kier molecular flexibility index (Phi) is 4.47. The van der Waals surface area contributed by atoms with Gasteiger partial charge in [0.1, 0.15) is 0 Å². The normalized spacial score (nSPS) is 20.4. The lowest BCUT2D eigenvalue weighted by molar-refractivity contribution is 0.0682. The lowest BCUT2D eigenvalue weighted by Gasteiger charge is -2.31. The third kappa shape index (κ3) is 3.02. The molecule has 1 atom stereocenters. The molecule has 1 aliphatic heterocycles. The molecule has 1 aromatic rings. The van der Waals surface area contributed by atoms with E-state index < -0.39 is 0 Å². The van der Waals surface area contributed by atoms with E-state index in [0.29, 0.717) is 5.92 Å². The van der Waals surface area contributed by atoms with Crippen molar-refractivity contribution in [3.63, 3.8) is 0 Å². The van der Waals surface area contributed by atoms with Crippen LogP contribution in [-0.4, -0.2) is 23.9 Å². The molecule has 1 aromatic carbocycles. The summed E-state index contributed by atoms with van der Waals surface area (Å²) in [6, 6.07) is 5.80. The lowest BCUT2D eigenvalue weighted by Crippen LogP contribution is -2.39. The van der Waals surface area contributed by atoms with Gasteiger partial charge in [0.05, 0.1) is 5.56 Å². The Morgan fingerprint density at radius 1 is 1.53 bits per heavy atom. The quantitative estimate of drug-likeness (QED) is 0.646. The van der Waals surface area contributed by atoms with Crippen LogP contribution in [0.25, 0.3) is 0 Å². The van der Waals surface area contributed by atoms with Crippen LogP contribution < -0.4 is 0 Å². The number of nitrogens with zero attached hydrogens (tertiary/aromatic N) is 1. The molecular formula is C13H15BrINO. The summed E-state index contributed by atoms with van der Waals surface area (Å²) >= 11 is 5.70. The Morgan fingerprint density at radius 3 is 3.00 bits per heavy atom. The topological polar surface area (TPSA) is 20.3 Å². The Hall–Kier alpha value is -0.100. The van der Waals surface area contributed by atoms with E-state index in [9.17, 15) is 4.79 Å². The molecule has 2 nitrogen and oxygen atoms in total. The summed E-state index contributed by atoms with van der Waals surface area (Å²) in [6.45, 7) is 4.00. The Labute approximate surface area is 124 Å². The molecule has 1 amide bonds. The zero-order chi connectivity index (χ0) is 12.4. The number of amides is 1. The molecule has 92 valence electrons. The molecule has 0 aromatic heterocycles. The number of halogens is 2. The van der Waals surface area contributed by atoms with Crippen molar-refractivity contribution in [3.05, 3.63) is 31.8 Å². The number of likely N-dealkylation sites (tertiary alicyclic amines) is 1. The second-order valence-corrected chi connectivity index (χ2v) is 6.53. The summed E-state index contributed by atoms with van der Waals surface area (Å²) in [7, 11) is 0. The van der Waals surface area contributed by atoms with E-state index >= 15 is 0 Å². The van der Waals surface area contributed by atoms with E-state index in [1.54, 1.807) is 0 Å². The number of carbonyl (C=O) groups is 1. The van der Waals surface area contributed by atoms with Crippen molar-refractivity contribution < 1.29 is 4.79 Å². The van der Waals surface area contributed by atoms with Gasteiger partial charge in [-0.3, -0.25) is 4.79 Å². The first-order valence-electron chi connectivity index (χ1n) is 5.83. The van der Waals surface area contributed by atoms with Crippen LogP contribution in [0, 0.1) is 9.49 Å². The highest BCUT2D eigenvalue weighted by atomic mass is 127. The van der Waals surface area contributed by atoms with Gasteiger partial charge in [0, 0.05) is 21.1 Å². The minimum Gasteiger partial charge on any atom is -0.338 e. The van der Waals surface area contributed by atoms with Crippen LogP contribution in [0.1, 0.15) is 30.1 Å². The van der Waals surface area contributed by atoms with Gasteiger partial charge in [-0.2, -0.15) is 0 Å². The maximum absolute atomic E-state index is 12.4. The van der Waals surface area contributed by atoms with E-state index in [2.05, 4.69) is 45.4 Å². The average Bonchev–Trinajstić information content (AvgIpc) is 2.32. The summed E-state index contributed by atoms with van der Waals surface area (Å²) in [5, 5.41) is 0. The summed E-state index contributed by atoms with van der Waals surface area (Å²) in [5.41, 5.74) is 0.814. The summed E-state index contributed by atoms with van der Waals surface area (Å²) < 4.78 is 2.00. The average molecular weight is 408 g/mol. The molecule has 0 bridgehead atoms. The van der Waals surface area contributed by atoms with Crippen LogP contribution >= 0.6 is 38.5 Å². The highest BCUT2D eigenvalue weighted by Crippen LogP contribution is 2.25. The maximum atomic E-state index is 12.4. The zero-order valence-electron chi connectivity index (χ0n) is 9.75. The van der Waals surface area contributed by atoms with Crippen molar-refractivity contribution in [2.24, 2.45) is 5.92 Å². The van der Waals surface area contributed by atoms with E-state index in [4.69, 9.17) is 0 Å². The molecule has 4 heteroatoms. The zero-order valence-corrected chi connectivity index (χ0v) is 13.5. The van der Waals surface area contributed by atoms with Crippen LogP contribution in [0.4, 0.5) is 0 Å². The minimum atomic E-state index is 0.169. The molecule has 0 radical (unpaired) electrons. The predicted octanol–water partition coefficient (Wildman–Crippen LogP) is 3.93. The fourth-order valence-corrected chi connectivity index (χ4v) is 3.17. The molecular weight excluding hydrogens is 393 g/mol. The van der Waals surface area contributed by atoms with Crippen molar-refractivity contribution in [2.45, 2.75) is 19.8 Å². The summed E-state index contributed by atoms with van der Waals surface area (Å²) in [6.07, 6.45) is 2.36. The van der Waals surface area contributed by atoms with Gasteiger partial charge < -0.3 is 4.90 Å². The van der Waals surface area contributed by atoms with Gasteiger partial charge in [-0.25, -0.2) is 0 Å². The lowest BCUT2D eigenvalue weighted by atomic mass is 9.99. The maximum Gasteiger partial charge on any atom is 0.254 e. The van der Waals surface area contributed by atoms with Gasteiger partial charge in [-0.05, 0) is 69.4 Å². The van der Waals surface area contributed by atoms with E-state index in [-0.39, 0.29) is 5.91 Å². The number of hydrogen-bond acceptors (Lipinski definition) is 1. The molecule has 0 saturated carbocycles. The van der Waals surface area contributed by atoms with Gasteiger partial charge in [0.15, 0.2) is 0 Å². The third-order valence-corrected chi connectivity index (χ3v) is 5.69. The minimum absolute atomic E-state index is 0.169. The van der Waals surface area contributed by atoms with Crippen molar-refractivity contribution in [2.75, 3.05) is 13.1 Å². The number of carbonyl (C=O) groups excluding carboxylic acids is 1. The number of rotatable bonds is 1. The molecule has 1 heterocycles. The number of piperidine rings is 1. The first-order valence-corrected chi connectivity index (χ1v) is 7.70. The highest BCUT2D eigenvalue weighted by molar-refractivity contribution is 14.1. The second-order valence-electron chi connectivity index (χ2n) is 4.60. The molecule has 0 spiro atoms. The SMILES string of the molecule is CC1CCCN(C(=O)c2cccc(Br)c2I)C1. The molecule has 17 heavy (non-hydrogen) atoms. The van der Waals surface area contributed by atoms with Gasteiger partial charge >= 0.3 is 0 Å². The molecule has 1 unspecified atom stereocenters. The van der Waals surface area contributed by atoms with E-state index in [0.717, 1.165) is 33.1 Å². The van der Waals surface area contributed by atoms with Crippen molar-refractivity contribution in [3.8, 4) is 0 Å². The highest BCUT2D eigenvalue weighted by Gasteiger charge is 2.23. The molecule has 1 saturated heterocycles. The van der Waals surface area contributed by atoms with Crippen LogP contribution in [-0.2, 0) is 0 Å². The van der Waals surface area contributed by atoms with Crippen molar-refractivity contribution in [1.29, 1.82) is 0 Å². The van der Waals surface area contributed by atoms with Gasteiger partial charge in [-0.1, -0.05) is 13.0 Å². The molecule has 1 fully saturated rings. The van der Waals surface area contributed by atoms with Crippen LogP contribution in [0.5, 0.6) is 0 Å². The van der Waals surface area contributed by atoms with Crippen molar-refractivity contribution in [1.82, 2.24) is 4.90 Å². The predicted molar refractivity (Wildman–Crippen MR) is 81.2 cm³/mol. The largest absolute Gasteiger partial charge is 0.338 e. The first-order chi connectivity index (χ1) is 8.09. The Morgan fingerprint density at radius 2 is 2.29 bits per heavy atom. The number of benzene rings is 1. The molecule has 0 N–H and O–H groups in total. The Balaban J connectivity index is 2.22. The molecule has 0 aliphatic carbocycles. The van der Waals surface area contributed by atoms with Gasteiger partial charge in [-0.15, -0.1) is 0 Å². The van der Waals surface area contributed by atoms with Crippen LogP contribution in [0.2, 0.25) is 0 Å². The second kappa shape index (κ2) is 5.69. The van der Waals surface area contributed by atoms with E-state index in [1.165, 1.54) is 6.42 Å². The molecule has 1 aliphatic rings. The van der Waals surface area contributed by atoms with Crippen molar-refractivity contribution >= 4 is 44.4 Å². The Bertz CT molecular complexity index is 435. The van der Waals surface area contributed by atoms with Crippen LogP contribution in [0.15, 0.2) is 22.7 Å². The van der Waals surface area contributed by atoms with Crippen LogP contribution in [0.3, 0.4) is 0 Å². The standard InChI is InChI=1S/C13H15BrINO/c1-9-4-3-7-16(8-9)13(17)10-5-2-6-11(14)12(10)15/h2,5-6,9H,3-4,7-8H2,1H3. The first kappa shape index (κ1) is 13.3. The van der Waals surface area contributed by atoms with Gasteiger partial charge in [0.2, 0.25) is 0 Å². The summed E-state index contributed by atoms with van der Waals surface area (Å²) in [4.78, 5) is 14.4.